The summed E-state index contributed by atoms with van der Waals surface area (Å²) < 4.78 is 7.09. The fraction of sp³-hybridized carbons (Fsp3) is 0.600. The van der Waals surface area contributed by atoms with Crippen LogP contribution in [-0.4, -0.2) is 63.1 Å². The standard InChI is InChI=1S/C10H14N4O4S/c15-2-6-7(16)8(17)10(18-6)13-4-14(19)5-1-11-3-12-9(5)13/h1,3,6-8,10,15-17,19H,2,4H2/t6-,7-,8-,10?/m1/s1. The van der Waals surface area contributed by atoms with Crippen LogP contribution >= 0.6 is 12.8 Å². The van der Waals surface area contributed by atoms with E-state index in [-0.39, 0.29) is 6.61 Å². The van der Waals surface area contributed by atoms with Crippen molar-refractivity contribution in [2.24, 2.45) is 0 Å². The van der Waals surface area contributed by atoms with Crippen molar-refractivity contribution in [3.05, 3.63) is 12.5 Å². The zero-order chi connectivity index (χ0) is 13.6. The van der Waals surface area contributed by atoms with Crippen molar-refractivity contribution < 1.29 is 20.1 Å². The van der Waals surface area contributed by atoms with E-state index in [2.05, 4.69) is 22.8 Å². The van der Waals surface area contributed by atoms with Crippen LogP contribution in [0.1, 0.15) is 0 Å². The van der Waals surface area contributed by atoms with Gasteiger partial charge in [-0.1, -0.05) is 12.8 Å². The Labute approximate surface area is 114 Å². The smallest absolute Gasteiger partial charge is 0.162 e. The molecule has 0 bridgehead atoms. The summed E-state index contributed by atoms with van der Waals surface area (Å²) in [6.45, 7) is -0.0203. The molecule has 0 radical (unpaired) electrons. The van der Waals surface area contributed by atoms with Crippen LogP contribution in [-0.2, 0) is 4.74 Å². The Morgan fingerprint density at radius 3 is 2.89 bits per heavy atom. The lowest BCUT2D eigenvalue weighted by atomic mass is 10.1. The first-order valence-corrected chi connectivity index (χ1v) is 6.19. The predicted molar refractivity (Wildman–Crippen MR) is 68.6 cm³/mol. The maximum Gasteiger partial charge on any atom is 0.162 e. The molecule has 0 saturated carbocycles. The summed E-state index contributed by atoms with van der Waals surface area (Å²) in [5.41, 5.74) is 0.698. The largest absolute Gasteiger partial charge is 0.394 e. The first-order chi connectivity index (χ1) is 9.13. The second-order valence-electron chi connectivity index (χ2n) is 4.47. The summed E-state index contributed by atoms with van der Waals surface area (Å²) in [5.74, 6) is 0.569. The number of ether oxygens (including phenoxy) is 1. The number of aliphatic hydroxyl groups is 3. The molecule has 1 unspecified atom stereocenters. The molecule has 4 atom stereocenters. The number of hydrogen-bond acceptors (Lipinski definition) is 9. The molecule has 0 spiro atoms. The molecule has 1 fully saturated rings. The molecule has 1 aromatic rings. The number of nitrogens with zero attached hydrogens (tertiary/aromatic N) is 4. The third kappa shape index (κ3) is 1.94. The number of aromatic nitrogens is 2. The Morgan fingerprint density at radius 1 is 1.42 bits per heavy atom. The van der Waals surface area contributed by atoms with E-state index >= 15 is 0 Å². The van der Waals surface area contributed by atoms with Crippen molar-refractivity contribution in [2.75, 3.05) is 22.5 Å². The number of thiol groups is 1. The average molecular weight is 286 g/mol. The normalized spacial score (nSPS) is 33.9. The Balaban J connectivity index is 1.89. The van der Waals surface area contributed by atoms with E-state index in [0.29, 0.717) is 18.2 Å². The maximum atomic E-state index is 10.0. The number of aliphatic hydroxyl groups excluding tert-OH is 3. The molecule has 1 aromatic heterocycles. The van der Waals surface area contributed by atoms with Crippen LogP contribution in [0.4, 0.5) is 11.5 Å². The van der Waals surface area contributed by atoms with Crippen molar-refractivity contribution in [2.45, 2.75) is 24.5 Å². The Hall–Kier alpha value is -1.13. The molecule has 104 valence electrons. The fourth-order valence-electron chi connectivity index (χ4n) is 2.35. The van der Waals surface area contributed by atoms with Gasteiger partial charge in [0.25, 0.3) is 0 Å². The lowest BCUT2D eigenvalue weighted by Crippen LogP contribution is -2.45. The monoisotopic (exact) mass is 286 g/mol. The minimum Gasteiger partial charge on any atom is -0.394 e. The average Bonchev–Trinajstić information content (AvgIpc) is 2.90. The number of anilines is 2. The van der Waals surface area contributed by atoms with E-state index in [1.165, 1.54) is 6.33 Å². The first kappa shape index (κ1) is 12.9. The molecule has 9 heteroatoms. The van der Waals surface area contributed by atoms with Crippen LogP contribution in [0.15, 0.2) is 12.5 Å². The first-order valence-electron chi connectivity index (χ1n) is 5.79. The molecular weight excluding hydrogens is 272 g/mol. The van der Waals surface area contributed by atoms with Crippen LogP contribution in [0, 0.1) is 0 Å². The van der Waals surface area contributed by atoms with E-state index in [1.54, 1.807) is 15.4 Å². The molecule has 3 heterocycles. The maximum absolute atomic E-state index is 10.0. The third-order valence-electron chi connectivity index (χ3n) is 3.33. The van der Waals surface area contributed by atoms with Crippen LogP contribution < -0.4 is 9.21 Å². The van der Waals surface area contributed by atoms with Gasteiger partial charge in [0.15, 0.2) is 12.0 Å². The number of rotatable bonds is 2. The summed E-state index contributed by atoms with van der Waals surface area (Å²) >= 11 is 4.28. The van der Waals surface area contributed by atoms with Gasteiger partial charge >= 0.3 is 0 Å². The fourth-order valence-corrected chi connectivity index (χ4v) is 2.62. The Kier molecular flexibility index (Phi) is 3.23. The number of hydrogen-bond donors (Lipinski definition) is 4. The van der Waals surface area contributed by atoms with Crippen molar-refractivity contribution in [3.63, 3.8) is 0 Å². The van der Waals surface area contributed by atoms with Gasteiger partial charge in [-0.05, 0) is 0 Å². The van der Waals surface area contributed by atoms with Gasteiger partial charge in [0.1, 0.15) is 37.0 Å². The van der Waals surface area contributed by atoms with Gasteiger partial charge in [0.05, 0.1) is 12.8 Å². The highest BCUT2D eigenvalue weighted by molar-refractivity contribution is 7.81. The summed E-state index contributed by atoms with van der Waals surface area (Å²) in [4.78, 5) is 9.72. The molecule has 2 aliphatic rings. The lowest BCUT2D eigenvalue weighted by molar-refractivity contribution is -0.0220. The van der Waals surface area contributed by atoms with Crippen LogP contribution in [0.2, 0.25) is 0 Å². The summed E-state index contributed by atoms with van der Waals surface area (Å²) in [6.07, 6.45) is -0.845. The van der Waals surface area contributed by atoms with Crippen molar-refractivity contribution in [1.82, 2.24) is 9.97 Å². The molecule has 8 nitrogen and oxygen atoms in total. The zero-order valence-corrected chi connectivity index (χ0v) is 10.8. The Bertz CT molecular complexity index is 479. The van der Waals surface area contributed by atoms with Crippen LogP contribution in [0.5, 0.6) is 0 Å². The van der Waals surface area contributed by atoms with Gasteiger partial charge in [-0.2, -0.15) is 0 Å². The molecule has 0 aromatic carbocycles. The second kappa shape index (κ2) is 4.76. The topological polar surface area (TPSA) is 102 Å². The molecule has 3 rings (SSSR count). The molecule has 0 aliphatic carbocycles. The van der Waals surface area contributed by atoms with E-state index in [4.69, 9.17) is 9.84 Å². The Morgan fingerprint density at radius 2 is 2.21 bits per heavy atom. The van der Waals surface area contributed by atoms with Crippen molar-refractivity contribution >= 4 is 24.3 Å². The molecule has 19 heavy (non-hydrogen) atoms. The van der Waals surface area contributed by atoms with Crippen LogP contribution in [0.3, 0.4) is 0 Å². The summed E-state index contributed by atoms with van der Waals surface area (Å²) in [6, 6.07) is 0. The molecule has 2 aliphatic heterocycles. The van der Waals surface area contributed by atoms with Gasteiger partial charge in [-0.3, -0.25) is 4.31 Å². The summed E-state index contributed by atoms with van der Waals surface area (Å²) in [7, 11) is 0. The highest BCUT2D eigenvalue weighted by Crippen LogP contribution is 2.38. The van der Waals surface area contributed by atoms with Gasteiger partial charge in [0.2, 0.25) is 0 Å². The lowest BCUT2D eigenvalue weighted by Gasteiger charge is -2.27. The highest BCUT2D eigenvalue weighted by atomic mass is 32.1. The molecule has 0 amide bonds. The predicted octanol–water partition coefficient (Wildman–Crippen LogP) is -1.66. The molecule has 1 saturated heterocycles. The third-order valence-corrected chi connectivity index (χ3v) is 3.68. The quantitative estimate of drug-likeness (QED) is 0.479. The van der Waals surface area contributed by atoms with Gasteiger partial charge < -0.3 is 25.0 Å². The SMILES string of the molecule is OC[C@H]1OC(N2CN(S)c3cncnc32)[C@H](O)[C@@H]1O. The number of fused-ring (bicyclic) bond motifs is 1. The van der Waals surface area contributed by atoms with Gasteiger partial charge in [0, 0.05) is 0 Å². The van der Waals surface area contributed by atoms with Crippen molar-refractivity contribution in [3.8, 4) is 0 Å². The van der Waals surface area contributed by atoms with E-state index in [1.807, 2.05) is 0 Å². The van der Waals surface area contributed by atoms with Gasteiger partial charge in [-0.25, -0.2) is 9.97 Å². The highest BCUT2D eigenvalue weighted by Gasteiger charge is 2.47. The van der Waals surface area contributed by atoms with Gasteiger partial charge in [-0.15, -0.1) is 0 Å². The van der Waals surface area contributed by atoms with E-state index in [9.17, 15) is 10.2 Å². The van der Waals surface area contributed by atoms with E-state index < -0.39 is 24.5 Å². The van der Waals surface area contributed by atoms with E-state index in [0.717, 1.165) is 0 Å². The van der Waals surface area contributed by atoms with Crippen molar-refractivity contribution in [1.29, 1.82) is 0 Å². The molecule has 3 N–H and O–H groups in total. The summed E-state index contributed by atoms with van der Waals surface area (Å²) in [5, 5.41) is 28.9. The van der Waals surface area contributed by atoms with Crippen LogP contribution in [0.25, 0.3) is 0 Å². The molecular formula is C10H14N4O4S. The second-order valence-corrected chi connectivity index (χ2v) is 4.95. The zero-order valence-electron chi connectivity index (χ0n) is 9.86. The minimum absolute atomic E-state index is 0.337. The minimum atomic E-state index is -1.13.